The van der Waals surface area contributed by atoms with Crippen molar-refractivity contribution in [2.75, 3.05) is 11.1 Å². The Morgan fingerprint density at radius 2 is 1.71 bits per heavy atom. The zero-order chi connectivity index (χ0) is 15.6. The number of aromatic carboxylic acids is 1. The molecule has 2 aromatic rings. The van der Waals surface area contributed by atoms with Crippen LogP contribution in [-0.4, -0.2) is 17.0 Å². The largest absolute Gasteiger partial charge is 0.478 e. The van der Waals surface area contributed by atoms with Gasteiger partial charge in [0.05, 0.1) is 16.8 Å². The Kier molecular flexibility index (Phi) is 4.64. The van der Waals surface area contributed by atoms with Gasteiger partial charge in [-0.25, -0.2) is 4.79 Å². The number of hydrogen-bond donors (Lipinski definition) is 3. The van der Waals surface area contributed by atoms with Gasteiger partial charge >= 0.3 is 5.97 Å². The van der Waals surface area contributed by atoms with Crippen molar-refractivity contribution in [3.05, 3.63) is 56.5 Å². The number of carboxylic acids is 1. The van der Waals surface area contributed by atoms with Crippen molar-refractivity contribution in [2.45, 2.75) is 0 Å². The molecule has 5 nitrogen and oxygen atoms in total. The maximum atomic E-state index is 12.2. The molecule has 1 amide bonds. The third kappa shape index (κ3) is 3.62. The molecule has 4 N–H and O–H groups in total. The van der Waals surface area contributed by atoms with Crippen molar-refractivity contribution in [3.8, 4) is 0 Å². The Labute approximate surface area is 137 Å². The number of nitrogens with two attached hydrogens (primary N) is 1. The van der Waals surface area contributed by atoms with Gasteiger partial charge in [0.2, 0.25) is 0 Å². The topological polar surface area (TPSA) is 92.4 Å². The Morgan fingerprint density at radius 1 is 1.05 bits per heavy atom. The summed E-state index contributed by atoms with van der Waals surface area (Å²) in [5.74, 6) is -1.57. The third-order valence-corrected chi connectivity index (χ3v) is 3.85. The van der Waals surface area contributed by atoms with Gasteiger partial charge in [-0.15, -0.1) is 0 Å². The van der Waals surface area contributed by atoms with Crippen LogP contribution in [0.1, 0.15) is 20.7 Å². The van der Waals surface area contributed by atoms with Crippen LogP contribution in [0, 0.1) is 0 Å². The van der Waals surface area contributed by atoms with Gasteiger partial charge in [-0.05, 0) is 52.3 Å². The summed E-state index contributed by atoms with van der Waals surface area (Å²) in [5.41, 5.74) is 6.52. The van der Waals surface area contributed by atoms with E-state index in [-0.39, 0.29) is 11.3 Å². The number of carbonyl (C=O) groups is 2. The first-order valence-electron chi connectivity index (χ1n) is 5.77. The molecule has 0 aromatic heterocycles. The second kappa shape index (κ2) is 6.28. The lowest BCUT2D eigenvalue weighted by molar-refractivity contribution is 0.0698. The molecular formula is C14H10Br2N2O3. The van der Waals surface area contributed by atoms with Crippen molar-refractivity contribution in [2.24, 2.45) is 0 Å². The van der Waals surface area contributed by atoms with E-state index in [1.807, 2.05) is 0 Å². The molecule has 0 saturated carbocycles. The van der Waals surface area contributed by atoms with Crippen LogP contribution in [0.25, 0.3) is 0 Å². The number of anilines is 2. The molecule has 7 heteroatoms. The number of nitrogens with one attached hydrogen (secondary N) is 1. The van der Waals surface area contributed by atoms with E-state index in [1.165, 1.54) is 18.2 Å². The molecule has 0 atom stereocenters. The van der Waals surface area contributed by atoms with Gasteiger partial charge in [-0.2, -0.15) is 0 Å². The van der Waals surface area contributed by atoms with E-state index >= 15 is 0 Å². The molecule has 0 fully saturated rings. The van der Waals surface area contributed by atoms with Gasteiger partial charge in [-0.3, -0.25) is 4.79 Å². The monoisotopic (exact) mass is 412 g/mol. The zero-order valence-electron chi connectivity index (χ0n) is 10.6. The summed E-state index contributed by atoms with van der Waals surface area (Å²) >= 11 is 6.59. The number of amides is 1. The van der Waals surface area contributed by atoms with Gasteiger partial charge < -0.3 is 16.2 Å². The summed E-state index contributed by atoms with van der Waals surface area (Å²) in [4.78, 5) is 23.4. The molecule has 0 aliphatic carbocycles. The number of nitrogen functional groups attached to an aromatic ring is 1. The molecule has 2 aromatic carbocycles. The van der Waals surface area contributed by atoms with Crippen LogP contribution in [0.2, 0.25) is 0 Å². The maximum absolute atomic E-state index is 12.2. The number of hydrogen-bond acceptors (Lipinski definition) is 3. The van der Waals surface area contributed by atoms with Gasteiger partial charge in [0.25, 0.3) is 5.91 Å². The van der Waals surface area contributed by atoms with Gasteiger partial charge in [0.15, 0.2) is 0 Å². The first kappa shape index (κ1) is 15.5. The Bertz CT molecular complexity index is 732. The lowest BCUT2D eigenvalue weighted by Gasteiger charge is -2.10. The highest BCUT2D eigenvalue weighted by Gasteiger charge is 2.15. The number of benzene rings is 2. The summed E-state index contributed by atoms with van der Waals surface area (Å²) in [6.45, 7) is 0. The molecule has 108 valence electrons. The molecular weight excluding hydrogens is 404 g/mol. The minimum absolute atomic E-state index is 0.0224. The summed E-state index contributed by atoms with van der Waals surface area (Å²) in [6.07, 6.45) is 0. The molecule has 0 bridgehead atoms. The van der Waals surface area contributed by atoms with Crippen molar-refractivity contribution in [3.63, 3.8) is 0 Å². The fourth-order valence-corrected chi connectivity index (χ4v) is 2.94. The molecule has 21 heavy (non-hydrogen) atoms. The highest BCUT2D eigenvalue weighted by molar-refractivity contribution is 9.11. The maximum Gasteiger partial charge on any atom is 0.337 e. The number of carbonyl (C=O) groups excluding carboxylic acids is 1. The van der Waals surface area contributed by atoms with Crippen LogP contribution in [0.4, 0.5) is 11.4 Å². The van der Waals surface area contributed by atoms with Crippen LogP contribution < -0.4 is 11.1 Å². The van der Waals surface area contributed by atoms with Gasteiger partial charge in [0, 0.05) is 14.6 Å². The Balaban J connectivity index is 2.35. The molecule has 0 spiro atoms. The Morgan fingerprint density at radius 3 is 2.33 bits per heavy atom. The lowest BCUT2D eigenvalue weighted by Crippen LogP contribution is -2.15. The van der Waals surface area contributed by atoms with E-state index in [0.29, 0.717) is 15.7 Å². The lowest BCUT2D eigenvalue weighted by atomic mass is 10.1. The minimum Gasteiger partial charge on any atom is -0.478 e. The van der Waals surface area contributed by atoms with E-state index in [4.69, 9.17) is 10.8 Å². The molecule has 0 aliphatic rings. The predicted octanol–water partition coefficient (Wildman–Crippen LogP) is 3.74. The first-order valence-corrected chi connectivity index (χ1v) is 7.36. The van der Waals surface area contributed by atoms with Crippen molar-refractivity contribution < 1.29 is 14.7 Å². The standard InChI is InChI=1S/C14H10Br2N2O3/c15-7-1-3-9(11(16)5-7)13(19)18-12-6-8(17)2-4-10(12)14(20)21/h1-6H,17H2,(H,18,19)(H,20,21). The fourth-order valence-electron chi connectivity index (χ4n) is 1.72. The van der Waals surface area contributed by atoms with E-state index in [1.54, 1.807) is 18.2 Å². The zero-order valence-corrected chi connectivity index (χ0v) is 13.7. The summed E-state index contributed by atoms with van der Waals surface area (Å²) < 4.78 is 1.41. The first-order chi connectivity index (χ1) is 9.88. The van der Waals surface area contributed by atoms with Crippen molar-refractivity contribution in [1.29, 1.82) is 0 Å². The van der Waals surface area contributed by atoms with E-state index in [0.717, 1.165) is 4.47 Å². The molecule has 0 radical (unpaired) electrons. The average Bonchev–Trinajstić information content (AvgIpc) is 2.37. The van der Waals surface area contributed by atoms with Crippen LogP contribution in [0.3, 0.4) is 0 Å². The molecule has 0 heterocycles. The highest BCUT2D eigenvalue weighted by Crippen LogP contribution is 2.25. The van der Waals surface area contributed by atoms with Crippen molar-refractivity contribution in [1.82, 2.24) is 0 Å². The second-order valence-corrected chi connectivity index (χ2v) is 5.96. The summed E-state index contributed by atoms with van der Waals surface area (Å²) in [5, 5.41) is 11.7. The number of carboxylic acid groups (broad SMARTS) is 1. The summed E-state index contributed by atoms with van der Waals surface area (Å²) in [6, 6.07) is 9.30. The smallest absolute Gasteiger partial charge is 0.337 e. The van der Waals surface area contributed by atoms with Crippen LogP contribution >= 0.6 is 31.9 Å². The third-order valence-electron chi connectivity index (χ3n) is 2.70. The minimum atomic E-state index is -1.14. The van der Waals surface area contributed by atoms with E-state index in [2.05, 4.69) is 37.2 Å². The van der Waals surface area contributed by atoms with Crippen LogP contribution in [0.15, 0.2) is 45.3 Å². The molecule has 0 aliphatic heterocycles. The number of rotatable bonds is 3. The van der Waals surface area contributed by atoms with Gasteiger partial charge in [0.1, 0.15) is 0 Å². The second-order valence-electron chi connectivity index (χ2n) is 4.19. The normalized spacial score (nSPS) is 10.2. The highest BCUT2D eigenvalue weighted by atomic mass is 79.9. The van der Waals surface area contributed by atoms with E-state index < -0.39 is 11.9 Å². The van der Waals surface area contributed by atoms with Gasteiger partial charge in [-0.1, -0.05) is 15.9 Å². The SMILES string of the molecule is Nc1ccc(C(=O)O)c(NC(=O)c2ccc(Br)cc2Br)c1. The molecule has 0 saturated heterocycles. The average molecular weight is 414 g/mol. The predicted molar refractivity (Wildman–Crippen MR) is 87.6 cm³/mol. The van der Waals surface area contributed by atoms with Crippen LogP contribution in [-0.2, 0) is 0 Å². The molecule has 2 rings (SSSR count). The van der Waals surface area contributed by atoms with E-state index in [9.17, 15) is 9.59 Å². The summed E-state index contributed by atoms with van der Waals surface area (Å²) in [7, 11) is 0. The quantitative estimate of drug-likeness (QED) is 0.668. The molecule has 0 unspecified atom stereocenters. The number of halogens is 2. The fraction of sp³-hybridized carbons (Fsp3) is 0. The van der Waals surface area contributed by atoms with Crippen LogP contribution in [0.5, 0.6) is 0 Å². The Hall–Kier alpha value is -1.86. The van der Waals surface area contributed by atoms with Crippen molar-refractivity contribution >= 4 is 55.1 Å².